The number of halogens is 1. The molecule has 5 heteroatoms. The Morgan fingerprint density at radius 2 is 1.58 bits per heavy atom. The molecule has 1 N–H and O–H groups in total. The van der Waals surface area contributed by atoms with Crippen LogP contribution in [0.3, 0.4) is 0 Å². The molecular formula is C26H23FN2O2. The maximum atomic E-state index is 13.4. The molecule has 0 bridgehead atoms. The number of aryl methyl sites for hydroxylation is 3. The number of rotatable bonds is 5. The van der Waals surface area contributed by atoms with Crippen LogP contribution in [0.1, 0.15) is 27.8 Å². The number of nitrogens with zero attached hydrogens (tertiary/aromatic N) is 1. The molecule has 0 aromatic heterocycles. The normalized spacial score (nSPS) is 13.9. The molecule has 0 aliphatic carbocycles. The van der Waals surface area contributed by atoms with Gasteiger partial charge >= 0.3 is 0 Å². The highest BCUT2D eigenvalue weighted by Crippen LogP contribution is 2.32. The molecule has 4 rings (SSSR count). The van der Waals surface area contributed by atoms with E-state index in [0.717, 1.165) is 22.4 Å². The Kier molecular flexibility index (Phi) is 5.42. The lowest BCUT2D eigenvalue weighted by molar-refractivity contribution is -0.137. The summed E-state index contributed by atoms with van der Waals surface area (Å²) in [5.74, 6) is -1.13. The van der Waals surface area contributed by atoms with E-state index < -0.39 is 5.91 Å². The molecule has 0 saturated carbocycles. The van der Waals surface area contributed by atoms with Crippen LogP contribution >= 0.6 is 0 Å². The van der Waals surface area contributed by atoms with Crippen molar-refractivity contribution in [3.63, 3.8) is 0 Å². The van der Waals surface area contributed by atoms with Gasteiger partial charge in [0.05, 0.1) is 12.1 Å². The second-order valence-electron chi connectivity index (χ2n) is 7.87. The number of benzene rings is 3. The molecule has 4 nitrogen and oxygen atoms in total. The summed E-state index contributed by atoms with van der Waals surface area (Å²) in [5.41, 5.74) is 5.89. The molecule has 0 unspecified atom stereocenters. The third kappa shape index (κ3) is 4.12. The number of carbonyl (C=O) groups is 2. The number of carbonyl (C=O) groups excluding carboxylic acids is 2. The van der Waals surface area contributed by atoms with E-state index in [9.17, 15) is 14.0 Å². The average Bonchev–Trinajstić information content (AvgIpc) is 2.96. The van der Waals surface area contributed by atoms with Gasteiger partial charge in [-0.2, -0.15) is 0 Å². The van der Waals surface area contributed by atoms with Gasteiger partial charge in [-0.1, -0.05) is 42.5 Å². The van der Waals surface area contributed by atoms with Crippen LogP contribution in [0.2, 0.25) is 0 Å². The molecule has 3 aromatic carbocycles. The van der Waals surface area contributed by atoms with E-state index in [1.54, 1.807) is 12.1 Å². The third-order valence-corrected chi connectivity index (χ3v) is 5.50. The maximum Gasteiger partial charge on any atom is 0.278 e. The van der Waals surface area contributed by atoms with Crippen molar-refractivity contribution < 1.29 is 14.0 Å². The fraction of sp³-hybridized carbons (Fsp3) is 0.154. The summed E-state index contributed by atoms with van der Waals surface area (Å²) in [6.07, 6.45) is 0. The third-order valence-electron chi connectivity index (χ3n) is 5.50. The fourth-order valence-electron chi connectivity index (χ4n) is 3.64. The number of anilines is 1. The minimum Gasteiger partial charge on any atom is -0.350 e. The van der Waals surface area contributed by atoms with Crippen molar-refractivity contribution in [1.82, 2.24) is 4.90 Å². The van der Waals surface area contributed by atoms with Crippen LogP contribution in [0.4, 0.5) is 10.1 Å². The molecule has 2 amide bonds. The Hall–Kier alpha value is -3.73. The van der Waals surface area contributed by atoms with Crippen LogP contribution < -0.4 is 5.32 Å². The van der Waals surface area contributed by atoms with Crippen LogP contribution in [0.15, 0.2) is 72.4 Å². The van der Waals surface area contributed by atoms with E-state index in [1.165, 1.54) is 17.0 Å². The summed E-state index contributed by atoms with van der Waals surface area (Å²) in [6, 6.07) is 19.2. The topological polar surface area (TPSA) is 49.4 Å². The molecule has 1 heterocycles. The van der Waals surface area contributed by atoms with Gasteiger partial charge in [0.2, 0.25) is 0 Å². The zero-order valence-corrected chi connectivity index (χ0v) is 17.7. The van der Waals surface area contributed by atoms with Crippen LogP contribution in [0.5, 0.6) is 0 Å². The number of hydrogen-bond donors (Lipinski definition) is 1. The Bertz CT molecular complexity index is 1210. The summed E-state index contributed by atoms with van der Waals surface area (Å²) in [5, 5.41) is 3.18. The first-order valence-electron chi connectivity index (χ1n) is 10.1. The summed E-state index contributed by atoms with van der Waals surface area (Å²) < 4.78 is 13.3. The van der Waals surface area contributed by atoms with Crippen LogP contribution in [-0.2, 0) is 16.1 Å². The van der Waals surface area contributed by atoms with Crippen LogP contribution in [-0.4, -0.2) is 16.7 Å². The molecule has 31 heavy (non-hydrogen) atoms. The smallest absolute Gasteiger partial charge is 0.278 e. The van der Waals surface area contributed by atoms with Crippen molar-refractivity contribution >= 4 is 23.1 Å². The molecule has 1 aliphatic heterocycles. The highest BCUT2D eigenvalue weighted by Gasteiger charge is 2.39. The van der Waals surface area contributed by atoms with Gasteiger partial charge < -0.3 is 5.32 Å². The zero-order valence-electron chi connectivity index (χ0n) is 17.7. The maximum absolute atomic E-state index is 13.4. The molecule has 156 valence electrons. The van der Waals surface area contributed by atoms with Crippen molar-refractivity contribution in [1.29, 1.82) is 0 Å². The highest BCUT2D eigenvalue weighted by atomic mass is 19.1. The first-order valence-corrected chi connectivity index (χ1v) is 10.1. The predicted molar refractivity (Wildman–Crippen MR) is 120 cm³/mol. The summed E-state index contributed by atoms with van der Waals surface area (Å²) in [7, 11) is 0. The summed E-state index contributed by atoms with van der Waals surface area (Å²) in [4.78, 5) is 27.9. The summed E-state index contributed by atoms with van der Waals surface area (Å²) >= 11 is 0. The van der Waals surface area contributed by atoms with E-state index in [1.807, 2.05) is 63.2 Å². The van der Waals surface area contributed by atoms with Gasteiger partial charge in [-0.3, -0.25) is 14.5 Å². The van der Waals surface area contributed by atoms with Crippen molar-refractivity contribution in [2.24, 2.45) is 0 Å². The highest BCUT2D eigenvalue weighted by molar-refractivity contribution is 6.36. The summed E-state index contributed by atoms with van der Waals surface area (Å²) in [6.45, 7) is 6.02. The number of imide groups is 1. The lowest BCUT2D eigenvalue weighted by atomic mass is 9.99. The first kappa shape index (κ1) is 20.5. The largest absolute Gasteiger partial charge is 0.350 e. The molecule has 0 saturated heterocycles. The number of hydrogen-bond acceptors (Lipinski definition) is 3. The second kappa shape index (κ2) is 8.19. The van der Waals surface area contributed by atoms with Crippen molar-refractivity contribution in [2.45, 2.75) is 27.3 Å². The lowest BCUT2D eigenvalue weighted by Gasteiger charge is -2.15. The Labute approximate surface area is 181 Å². The Balaban J connectivity index is 1.76. The molecule has 3 aromatic rings. The monoisotopic (exact) mass is 414 g/mol. The van der Waals surface area contributed by atoms with Crippen molar-refractivity contribution in [3.8, 4) is 0 Å². The van der Waals surface area contributed by atoms with E-state index in [0.29, 0.717) is 16.7 Å². The molecule has 0 spiro atoms. The van der Waals surface area contributed by atoms with Gasteiger partial charge in [-0.25, -0.2) is 4.39 Å². The minimum atomic E-state index is -0.399. The first-order chi connectivity index (χ1) is 14.8. The Morgan fingerprint density at radius 1 is 0.839 bits per heavy atom. The standard InChI is InChI=1S/C26H23FN2O2/c1-16-5-4-6-22(13-16)28-24-23(20-10-7-17(2)18(3)14-20)25(30)29(26(24)31)15-19-8-11-21(27)12-9-19/h4-14,28H,15H2,1-3H3. The van der Waals surface area contributed by atoms with Gasteiger partial charge in [0.25, 0.3) is 11.8 Å². The SMILES string of the molecule is Cc1cccc(NC2=C(c3ccc(C)c(C)c3)C(=O)N(Cc3ccc(F)cc3)C2=O)c1. The predicted octanol–water partition coefficient (Wildman–Crippen LogP) is 5.14. The molecule has 0 radical (unpaired) electrons. The van der Waals surface area contributed by atoms with Crippen LogP contribution in [0, 0.1) is 26.6 Å². The van der Waals surface area contributed by atoms with Crippen LogP contribution in [0.25, 0.3) is 5.57 Å². The van der Waals surface area contributed by atoms with E-state index in [4.69, 9.17) is 0 Å². The number of nitrogens with one attached hydrogen (secondary N) is 1. The van der Waals surface area contributed by atoms with Gasteiger partial charge in [-0.05, 0) is 72.9 Å². The Morgan fingerprint density at radius 3 is 2.26 bits per heavy atom. The van der Waals surface area contributed by atoms with E-state index >= 15 is 0 Å². The number of amides is 2. The van der Waals surface area contributed by atoms with Gasteiger partial charge in [0, 0.05) is 5.69 Å². The second-order valence-corrected chi connectivity index (χ2v) is 7.87. The van der Waals surface area contributed by atoms with E-state index in [2.05, 4.69) is 5.32 Å². The molecular weight excluding hydrogens is 391 g/mol. The molecule has 0 fully saturated rings. The average molecular weight is 414 g/mol. The molecule has 1 aliphatic rings. The van der Waals surface area contributed by atoms with Gasteiger partial charge in [0.1, 0.15) is 11.5 Å². The lowest BCUT2D eigenvalue weighted by Crippen LogP contribution is -2.32. The fourth-order valence-corrected chi connectivity index (χ4v) is 3.64. The zero-order chi connectivity index (χ0) is 22.1. The quantitative estimate of drug-likeness (QED) is 0.588. The van der Waals surface area contributed by atoms with Gasteiger partial charge in [0.15, 0.2) is 0 Å². The molecule has 0 atom stereocenters. The van der Waals surface area contributed by atoms with Crippen molar-refractivity contribution in [3.05, 3.63) is 106 Å². The van der Waals surface area contributed by atoms with Crippen molar-refractivity contribution in [2.75, 3.05) is 5.32 Å². The van der Waals surface area contributed by atoms with Gasteiger partial charge in [-0.15, -0.1) is 0 Å². The minimum absolute atomic E-state index is 0.0747. The van der Waals surface area contributed by atoms with E-state index in [-0.39, 0.29) is 24.0 Å².